The Labute approximate surface area is 172 Å². The molecule has 3 N–H and O–H groups in total. The number of nitrogens with two attached hydrogens (primary N) is 1. The van der Waals surface area contributed by atoms with Crippen LogP contribution in [0.25, 0.3) is 0 Å². The normalized spacial score (nSPS) is 19.6. The van der Waals surface area contributed by atoms with Crippen LogP contribution in [0.15, 0.2) is 59.5 Å². The Balaban J connectivity index is 1.53. The lowest BCUT2D eigenvalue weighted by Gasteiger charge is -2.27. The zero-order chi connectivity index (χ0) is 20.5. The first-order valence-electron chi connectivity index (χ1n) is 10.1. The number of carbonyl (C=O) groups is 1. The second-order valence-electron chi connectivity index (χ2n) is 8.10. The molecule has 154 valence electrons. The summed E-state index contributed by atoms with van der Waals surface area (Å²) in [6.45, 7) is 2.94. The minimum Gasteiger partial charge on any atom is -0.347 e. The number of rotatable bonds is 7. The molecule has 0 unspecified atom stereocenters. The zero-order valence-corrected chi connectivity index (χ0v) is 17.2. The smallest absolute Gasteiger partial charge is 0.238 e. The fourth-order valence-electron chi connectivity index (χ4n) is 4.18. The van der Waals surface area contributed by atoms with Gasteiger partial charge >= 0.3 is 0 Å². The third kappa shape index (κ3) is 4.37. The van der Waals surface area contributed by atoms with Crippen LogP contribution in [0.4, 0.5) is 0 Å². The van der Waals surface area contributed by atoms with Gasteiger partial charge in [0.15, 0.2) is 0 Å². The molecule has 0 radical (unpaired) electrons. The van der Waals surface area contributed by atoms with Gasteiger partial charge in [-0.05, 0) is 62.0 Å². The highest BCUT2D eigenvalue weighted by Crippen LogP contribution is 2.49. The molecule has 4 rings (SSSR count). The minimum atomic E-state index is -3.74. The van der Waals surface area contributed by atoms with Gasteiger partial charge in [-0.3, -0.25) is 4.79 Å². The Bertz CT molecular complexity index is 964. The molecule has 7 heteroatoms. The average Bonchev–Trinajstić information content (AvgIpc) is 3.38. The van der Waals surface area contributed by atoms with Crippen LogP contribution in [-0.4, -0.2) is 38.9 Å². The van der Waals surface area contributed by atoms with E-state index in [9.17, 15) is 13.2 Å². The molecule has 2 aliphatic rings. The largest absolute Gasteiger partial charge is 0.347 e. The lowest BCUT2D eigenvalue weighted by Crippen LogP contribution is -2.41. The Morgan fingerprint density at radius 3 is 2.21 bits per heavy atom. The summed E-state index contributed by atoms with van der Waals surface area (Å²) >= 11 is 0. The molecular weight excluding hydrogens is 386 g/mol. The molecule has 2 aromatic rings. The van der Waals surface area contributed by atoms with Crippen molar-refractivity contribution >= 4 is 15.9 Å². The minimum absolute atomic E-state index is 0.00825. The van der Waals surface area contributed by atoms with E-state index in [-0.39, 0.29) is 16.8 Å². The number of nitrogens with one attached hydrogen (secondary N) is 1. The van der Waals surface area contributed by atoms with Gasteiger partial charge in [-0.25, -0.2) is 13.6 Å². The van der Waals surface area contributed by atoms with E-state index < -0.39 is 15.4 Å². The van der Waals surface area contributed by atoms with E-state index >= 15 is 0 Å². The topological polar surface area (TPSA) is 92.5 Å². The molecule has 0 spiro atoms. The van der Waals surface area contributed by atoms with Crippen LogP contribution >= 0.6 is 0 Å². The van der Waals surface area contributed by atoms with Crippen LogP contribution in [0.5, 0.6) is 0 Å². The monoisotopic (exact) mass is 413 g/mol. The Morgan fingerprint density at radius 1 is 1.03 bits per heavy atom. The maximum Gasteiger partial charge on any atom is 0.238 e. The molecule has 1 aliphatic heterocycles. The van der Waals surface area contributed by atoms with Gasteiger partial charge in [0, 0.05) is 6.54 Å². The summed E-state index contributed by atoms with van der Waals surface area (Å²) < 4.78 is 23.0. The Hall–Kier alpha value is -2.22. The second kappa shape index (κ2) is 7.89. The predicted molar refractivity (Wildman–Crippen MR) is 112 cm³/mol. The van der Waals surface area contributed by atoms with E-state index in [1.807, 2.05) is 18.2 Å². The maximum absolute atomic E-state index is 13.3. The molecule has 29 heavy (non-hydrogen) atoms. The number of primary sulfonamides is 1. The van der Waals surface area contributed by atoms with E-state index in [4.69, 9.17) is 5.14 Å². The fourth-order valence-corrected chi connectivity index (χ4v) is 4.69. The van der Waals surface area contributed by atoms with Crippen LogP contribution in [0, 0.1) is 0 Å². The molecule has 1 amide bonds. The number of likely N-dealkylation sites (tertiary alicyclic amines) is 1. The van der Waals surface area contributed by atoms with Crippen molar-refractivity contribution in [3.05, 3.63) is 65.7 Å². The third-order valence-corrected chi connectivity index (χ3v) is 7.00. The van der Waals surface area contributed by atoms with Crippen molar-refractivity contribution in [2.75, 3.05) is 19.6 Å². The number of sulfonamides is 1. The average molecular weight is 414 g/mol. The number of amides is 1. The summed E-state index contributed by atoms with van der Waals surface area (Å²) in [7, 11) is -3.74. The summed E-state index contributed by atoms with van der Waals surface area (Å²) in [5.41, 5.74) is 1.37. The van der Waals surface area contributed by atoms with Gasteiger partial charge in [0.25, 0.3) is 0 Å². The van der Waals surface area contributed by atoms with E-state index in [0.717, 1.165) is 43.6 Å². The SMILES string of the molecule is NS(=O)(=O)c1ccc(C2(C(=O)N[C@H](CN3CCCC3)c3ccccc3)CC2)cc1. The van der Waals surface area contributed by atoms with Gasteiger partial charge in [0.05, 0.1) is 16.4 Å². The van der Waals surface area contributed by atoms with Gasteiger partial charge in [-0.2, -0.15) is 0 Å². The van der Waals surface area contributed by atoms with E-state index in [0.29, 0.717) is 0 Å². The van der Waals surface area contributed by atoms with Crippen LogP contribution in [-0.2, 0) is 20.2 Å². The number of benzene rings is 2. The molecule has 1 aliphatic carbocycles. The van der Waals surface area contributed by atoms with Crippen molar-refractivity contribution < 1.29 is 13.2 Å². The van der Waals surface area contributed by atoms with Gasteiger partial charge in [0.1, 0.15) is 0 Å². The number of carbonyl (C=O) groups excluding carboxylic acids is 1. The fraction of sp³-hybridized carbons (Fsp3) is 0.409. The van der Waals surface area contributed by atoms with Crippen molar-refractivity contribution in [1.29, 1.82) is 0 Å². The van der Waals surface area contributed by atoms with Crippen LogP contribution in [0.1, 0.15) is 42.9 Å². The first-order chi connectivity index (χ1) is 13.9. The van der Waals surface area contributed by atoms with Crippen molar-refractivity contribution in [2.24, 2.45) is 5.14 Å². The molecular formula is C22H27N3O3S. The van der Waals surface area contributed by atoms with Crippen molar-refractivity contribution in [3.63, 3.8) is 0 Å². The highest BCUT2D eigenvalue weighted by molar-refractivity contribution is 7.89. The molecule has 1 saturated heterocycles. The summed E-state index contributed by atoms with van der Waals surface area (Å²) in [6.07, 6.45) is 3.93. The van der Waals surface area contributed by atoms with Gasteiger partial charge < -0.3 is 10.2 Å². The van der Waals surface area contributed by atoms with Crippen molar-refractivity contribution in [2.45, 2.75) is 42.0 Å². The van der Waals surface area contributed by atoms with Crippen LogP contribution in [0.2, 0.25) is 0 Å². The Kier molecular flexibility index (Phi) is 5.46. The maximum atomic E-state index is 13.3. The molecule has 1 saturated carbocycles. The van der Waals surface area contributed by atoms with E-state index in [1.165, 1.54) is 25.0 Å². The first-order valence-corrected chi connectivity index (χ1v) is 11.6. The zero-order valence-electron chi connectivity index (χ0n) is 16.4. The molecule has 2 aromatic carbocycles. The molecule has 1 atom stereocenters. The standard InChI is InChI=1S/C22H27N3O3S/c23-29(27,28)19-10-8-18(9-11-19)22(12-13-22)21(26)24-20(16-25-14-4-5-15-25)17-6-2-1-3-7-17/h1-3,6-11,20H,4-5,12-16H2,(H,24,26)(H2,23,27,28)/t20-/m1/s1. The quantitative estimate of drug-likeness (QED) is 0.729. The number of hydrogen-bond acceptors (Lipinski definition) is 4. The van der Waals surface area contributed by atoms with Crippen LogP contribution in [0.3, 0.4) is 0 Å². The summed E-state index contributed by atoms with van der Waals surface area (Å²) in [5, 5.41) is 8.47. The van der Waals surface area contributed by atoms with Gasteiger partial charge in [-0.1, -0.05) is 42.5 Å². The highest BCUT2D eigenvalue weighted by Gasteiger charge is 2.51. The van der Waals surface area contributed by atoms with Gasteiger partial charge in [-0.15, -0.1) is 0 Å². The lowest BCUT2D eigenvalue weighted by atomic mass is 9.94. The van der Waals surface area contributed by atoms with E-state index in [1.54, 1.807) is 12.1 Å². The summed E-state index contributed by atoms with van der Waals surface area (Å²) in [6, 6.07) is 16.4. The second-order valence-corrected chi connectivity index (χ2v) is 9.66. The van der Waals surface area contributed by atoms with Crippen LogP contribution < -0.4 is 10.5 Å². The number of hydrogen-bond donors (Lipinski definition) is 2. The first kappa shape index (κ1) is 20.1. The molecule has 2 fully saturated rings. The highest BCUT2D eigenvalue weighted by atomic mass is 32.2. The molecule has 0 aromatic heterocycles. The predicted octanol–water partition coefficient (Wildman–Crippen LogP) is 2.32. The lowest BCUT2D eigenvalue weighted by molar-refractivity contribution is -0.124. The summed E-state index contributed by atoms with van der Waals surface area (Å²) in [5.74, 6) is 0.00825. The summed E-state index contributed by atoms with van der Waals surface area (Å²) in [4.78, 5) is 15.8. The van der Waals surface area contributed by atoms with Gasteiger partial charge in [0.2, 0.25) is 15.9 Å². The van der Waals surface area contributed by atoms with Crippen molar-refractivity contribution in [1.82, 2.24) is 10.2 Å². The third-order valence-electron chi connectivity index (χ3n) is 6.07. The molecule has 1 heterocycles. The molecule has 0 bridgehead atoms. The Morgan fingerprint density at radius 2 is 1.66 bits per heavy atom. The van der Waals surface area contributed by atoms with Crippen molar-refractivity contribution in [3.8, 4) is 0 Å². The van der Waals surface area contributed by atoms with E-state index in [2.05, 4.69) is 22.3 Å². The molecule has 6 nitrogen and oxygen atoms in total. The number of nitrogens with zero attached hydrogens (tertiary/aromatic N) is 1.